The van der Waals surface area contributed by atoms with E-state index in [1.807, 2.05) is 6.92 Å². The number of carbonyl (C=O) groups is 3. The second kappa shape index (κ2) is 4.64. The fourth-order valence-corrected chi connectivity index (χ4v) is 6.26. The summed E-state index contributed by atoms with van der Waals surface area (Å²) in [6, 6.07) is 0. The number of hydrogen-bond donors (Lipinski definition) is 2. The topological polar surface area (TPSA) is 91.7 Å². The molecule has 5 heteroatoms. The lowest BCUT2D eigenvalue weighted by Crippen LogP contribution is -2.63. The molecule has 0 unspecified atom stereocenters. The molecular formula is C19H24O5. The van der Waals surface area contributed by atoms with Crippen molar-refractivity contribution in [2.75, 3.05) is 0 Å². The Hall–Kier alpha value is -1.33. The van der Waals surface area contributed by atoms with Gasteiger partial charge in [-0.2, -0.15) is 0 Å². The summed E-state index contributed by atoms with van der Waals surface area (Å²) >= 11 is 0. The maximum Gasteiger partial charge on any atom is 0.179 e. The van der Waals surface area contributed by atoms with Gasteiger partial charge in [0.25, 0.3) is 0 Å². The highest BCUT2D eigenvalue weighted by Crippen LogP contribution is 2.65. The number of carbonyl (C=O) groups excluding carboxylic acids is 3. The van der Waals surface area contributed by atoms with Crippen LogP contribution in [0.4, 0.5) is 0 Å². The molecule has 0 aromatic rings. The molecule has 0 aromatic heterocycles. The fraction of sp³-hybridized carbons (Fsp3) is 0.737. The van der Waals surface area contributed by atoms with Gasteiger partial charge in [-0.1, -0.05) is 6.92 Å². The number of fused-ring (bicyclic) bond motifs is 5. The second-order valence-electron chi connectivity index (χ2n) is 8.64. The van der Waals surface area contributed by atoms with Crippen LogP contribution in [0.25, 0.3) is 0 Å². The summed E-state index contributed by atoms with van der Waals surface area (Å²) in [5.74, 6) is -2.48. The van der Waals surface area contributed by atoms with Crippen LogP contribution >= 0.6 is 0 Å². The Morgan fingerprint density at radius 2 is 1.79 bits per heavy atom. The zero-order chi connectivity index (χ0) is 17.5. The van der Waals surface area contributed by atoms with Gasteiger partial charge >= 0.3 is 0 Å². The Kier molecular flexibility index (Phi) is 3.12. The molecule has 0 amide bonds. The summed E-state index contributed by atoms with van der Waals surface area (Å²) in [6.07, 6.45) is 4.01. The van der Waals surface area contributed by atoms with E-state index in [2.05, 4.69) is 0 Å². The van der Waals surface area contributed by atoms with Gasteiger partial charge in [-0.15, -0.1) is 0 Å². The van der Waals surface area contributed by atoms with Gasteiger partial charge in [0.15, 0.2) is 17.4 Å². The first-order chi connectivity index (χ1) is 11.1. The van der Waals surface area contributed by atoms with Crippen molar-refractivity contribution in [1.29, 1.82) is 0 Å². The minimum absolute atomic E-state index is 0.0169. The van der Waals surface area contributed by atoms with Crippen LogP contribution in [-0.2, 0) is 14.4 Å². The molecule has 0 heterocycles. The lowest BCUT2D eigenvalue weighted by molar-refractivity contribution is -0.260. The number of Topliss-reactive ketones (excluding diaryl/α,β-unsaturated/α-hetero) is 2. The highest BCUT2D eigenvalue weighted by Gasteiger charge is 2.66. The van der Waals surface area contributed by atoms with Crippen LogP contribution < -0.4 is 0 Å². The molecule has 24 heavy (non-hydrogen) atoms. The molecule has 0 aliphatic heterocycles. The standard InChI is InChI=1S/C19H24O5/c1-17-6-5-13-11(12(17)3-4-16(17)22)8-15(21)14-7-10(20)9-19(23,24)18(13,14)2/h7,11-13,23-24H,3-6,8-9H2,1-2H3/t11-,12-,13-,17-,18+/m0/s1. The summed E-state index contributed by atoms with van der Waals surface area (Å²) in [4.78, 5) is 37.0. The Labute approximate surface area is 141 Å². The van der Waals surface area contributed by atoms with E-state index in [1.54, 1.807) is 6.92 Å². The molecule has 4 aliphatic rings. The molecule has 4 aliphatic carbocycles. The van der Waals surface area contributed by atoms with Gasteiger partial charge in [0, 0.05) is 23.8 Å². The van der Waals surface area contributed by atoms with Gasteiger partial charge in [-0.05, 0) is 50.0 Å². The second-order valence-corrected chi connectivity index (χ2v) is 8.64. The van der Waals surface area contributed by atoms with Crippen LogP contribution in [-0.4, -0.2) is 33.3 Å². The van der Waals surface area contributed by atoms with E-state index in [4.69, 9.17) is 0 Å². The molecule has 3 fully saturated rings. The van der Waals surface area contributed by atoms with Crippen LogP contribution in [0.3, 0.4) is 0 Å². The molecule has 4 rings (SSSR count). The average Bonchev–Trinajstić information content (AvgIpc) is 2.78. The maximum absolute atomic E-state index is 12.8. The van der Waals surface area contributed by atoms with Gasteiger partial charge in [0.2, 0.25) is 0 Å². The Morgan fingerprint density at radius 1 is 1.08 bits per heavy atom. The number of aliphatic hydroxyl groups is 2. The van der Waals surface area contributed by atoms with Crippen molar-refractivity contribution < 1.29 is 24.6 Å². The summed E-state index contributed by atoms with van der Waals surface area (Å²) in [5, 5.41) is 21.4. The van der Waals surface area contributed by atoms with Crippen LogP contribution in [0.1, 0.15) is 52.4 Å². The molecular weight excluding hydrogens is 308 g/mol. The van der Waals surface area contributed by atoms with Crippen molar-refractivity contribution in [3.8, 4) is 0 Å². The molecule has 5 atom stereocenters. The molecule has 0 spiro atoms. The number of rotatable bonds is 0. The van der Waals surface area contributed by atoms with Gasteiger partial charge in [0.1, 0.15) is 5.78 Å². The summed E-state index contributed by atoms with van der Waals surface area (Å²) in [5.41, 5.74) is -1.23. The maximum atomic E-state index is 12.8. The van der Waals surface area contributed by atoms with E-state index in [9.17, 15) is 24.6 Å². The largest absolute Gasteiger partial charge is 0.364 e. The molecule has 5 nitrogen and oxygen atoms in total. The first-order valence-electron chi connectivity index (χ1n) is 8.87. The zero-order valence-corrected chi connectivity index (χ0v) is 14.2. The van der Waals surface area contributed by atoms with E-state index < -0.39 is 17.0 Å². The van der Waals surface area contributed by atoms with Crippen molar-refractivity contribution in [3.05, 3.63) is 11.6 Å². The van der Waals surface area contributed by atoms with E-state index >= 15 is 0 Å². The lowest BCUT2D eigenvalue weighted by atomic mass is 9.46. The van der Waals surface area contributed by atoms with Crippen LogP contribution in [0.2, 0.25) is 0 Å². The molecule has 0 saturated heterocycles. The van der Waals surface area contributed by atoms with Crippen LogP contribution in [0, 0.1) is 28.6 Å². The minimum atomic E-state index is -2.20. The van der Waals surface area contributed by atoms with E-state index in [1.165, 1.54) is 6.08 Å². The van der Waals surface area contributed by atoms with Gasteiger partial charge in [0.05, 0.1) is 11.8 Å². The number of hydrogen-bond acceptors (Lipinski definition) is 5. The van der Waals surface area contributed by atoms with E-state index in [0.29, 0.717) is 19.3 Å². The first-order valence-corrected chi connectivity index (χ1v) is 8.87. The minimum Gasteiger partial charge on any atom is -0.364 e. The summed E-state index contributed by atoms with van der Waals surface area (Å²) in [6.45, 7) is 3.73. The molecule has 0 bridgehead atoms. The van der Waals surface area contributed by atoms with Crippen molar-refractivity contribution >= 4 is 17.3 Å². The molecule has 0 aromatic carbocycles. The molecule has 0 radical (unpaired) electrons. The van der Waals surface area contributed by atoms with Gasteiger partial charge in [-0.25, -0.2) is 0 Å². The fourth-order valence-electron chi connectivity index (χ4n) is 6.26. The van der Waals surface area contributed by atoms with E-state index in [-0.39, 0.29) is 46.7 Å². The third-order valence-corrected chi connectivity index (χ3v) is 7.73. The first kappa shape index (κ1) is 16.2. The highest BCUT2D eigenvalue weighted by molar-refractivity contribution is 6.06. The van der Waals surface area contributed by atoms with Crippen LogP contribution in [0.5, 0.6) is 0 Å². The highest BCUT2D eigenvalue weighted by atomic mass is 16.5. The molecule has 3 saturated carbocycles. The van der Waals surface area contributed by atoms with E-state index in [0.717, 1.165) is 12.8 Å². The Morgan fingerprint density at radius 3 is 2.50 bits per heavy atom. The number of ketones is 3. The quantitative estimate of drug-likeness (QED) is 0.657. The van der Waals surface area contributed by atoms with Gasteiger partial charge < -0.3 is 10.2 Å². The van der Waals surface area contributed by atoms with Crippen molar-refractivity contribution in [1.82, 2.24) is 0 Å². The normalized spacial score (nSPS) is 46.9. The van der Waals surface area contributed by atoms with Crippen molar-refractivity contribution in [2.24, 2.45) is 28.6 Å². The Balaban J connectivity index is 1.83. The lowest BCUT2D eigenvalue weighted by Gasteiger charge is -2.59. The zero-order valence-electron chi connectivity index (χ0n) is 14.2. The SMILES string of the molecule is C[C@@]12C(=CC(=O)CC1(O)O)C(=O)C[C@@H]1[C@@H]2CC[C@]2(C)C(=O)CC[C@@H]12. The van der Waals surface area contributed by atoms with Gasteiger partial charge in [-0.3, -0.25) is 14.4 Å². The third-order valence-electron chi connectivity index (χ3n) is 7.73. The summed E-state index contributed by atoms with van der Waals surface area (Å²) < 4.78 is 0. The van der Waals surface area contributed by atoms with Crippen molar-refractivity contribution in [2.45, 2.75) is 58.2 Å². The Bertz CT molecular complexity index is 690. The smallest absolute Gasteiger partial charge is 0.179 e. The predicted molar refractivity (Wildman–Crippen MR) is 84.7 cm³/mol. The molecule has 2 N–H and O–H groups in total. The third kappa shape index (κ3) is 1.75. The molecule has 130 valence electrons. The van der Waals surface area contributed by atoms with Crippen LogP contribution in [0.15, 0.2) is 11.6 Å². The van der Waals surface area contributed by atoms with Crippen molar-refractivity contribution in [3.63, 3.8) is 0 Å². The predicted octanol–water partition coefficient (Wildman–Crippen LogP) is 1.56. The average molecular weight is 332 g/mol. The summed E-state index contributed by atoms with van der Waals surface area (Å²) in [7, 11) is 0. The monoisotopic (exact) mass is 332 g/mol.